The van der Waals surface area contributed by atoms with Gasteiger partial charge in [0.15, 0.2) is 5.11 Å². The zero-order chi connectivity index (χ0) is 22.5. The highest BCUT2D eigenvalue weighted by molar-refractivity contribution is 7.80. The lowest BCUT2D eigenvalue weighted by Crippen LogP contribution is -2.21. The van der Waals surface area contributed by atoms with Gasteiger partial charge >= 0.3 is 11.9 Å². The number of thiocarbonyl (C=S) groups is 1. The zero-order valence-corrected chi connectivity index (χ0v) is 19.0. The maximum absolute atomic E-state index is 12.2. The summed E-state index contributed by atoms with van der Waals surface area (Å²) in [4.78, 5) is 28.7. The molecule has 0 amide bonds. The van der Waals surface area contributed by atoms with Crippen molar-refractivity contribution in [2.24, 2.45) is 0 Å². The maximum Gasteiger partial charge on any atom is 0.348 e. The second-order valence-corrected chi connectivity index (χ2v) is 7.94. The summed E-state index contributed by atoms with van der Waals surface area (Å²) in [6, 6.07) is 8.03. The zero-order valence-electron chi connectivity index (χ0n) is 17.4. The number of nitrogens with zero attached hydrogens (tertiary/aromatic N) is 3. The second kappa shape index (κ2) is 9.67. The number of rotatable bonds is 6. The van der Waals surface area contributed by atoms with E-state index < -0.39 is 11.9 Å². The van der Waals surface area contributed by atoms with Gasteiger partial charge in [0.1, 0.15) is 16.2 Å². The number of hydrogen-bond donors (Lipinski definition) is 2. The van der Waals surface area contributed by atoms with E-state index in [9.17, 15) is 9.59 Å². The topological polar surface area (TPSA) is 107 Å². The Bertz CT molecular complexity index is 1140. The number of carbonyl (C=O) groups is 2. The van der Waals surface area contributed by atoms with E-state index in [0.717, 1.165) is 22.5 Å². The number of esters is 2. The molecule has 31 heavy (non-hydrogen) atoms. The number of hydrogen-bond acceptors (Lipinski definition) is 8. The van der Waals surface area contributed by atoms with Gasteiger partial charge in [0, 0.05) is 0 Å². The number of aryl methyl sites for hydroxylation is 1. The number of aromatic nitrogens is 3. The molecule has 2 heterocycles. The van der Waals surface area contributed by atoms with Crippen LogP contribution in [0.2, 0.25) is 0 Å². The Labute approximate surface area is 188 Å². The van der Waals surface area contributed by atoms with Crippen molar-refractivity contribution >= 4 is 51.6 Å². The summed E-state index contributed by atoms with van der Waals surface area (Å²) in [5.74, 6) is -0.835. The summed E-state index contributed by atoms with van der Waals surface area (Å²) in [5.41, 5.74) is 2.96. The molecule has 0 aliphatic carbocycles. The van der Waals surface area contributed by atoms with E-state index in [0.29, 0.717) is 23.1 Å². The molecule has 1 aromatic carbocycles. The van der Waals surface area contributed by atoms with Gasteiger partial charge in [0.2, 0.25) is 5.95 Å². The lowest BCUT2D eigenvalue weighted by molar-refractivity contribution is 0.0601. The van der Waals surface area contributed by atoms with Crippen molar-refractivity contribution in [3.05, 3.63) is 57.7 Å². The van der Waals surface area contributed by atoms with E-state index in [1.54, 1.807) is 17.9 Å². The predicted molar refractivity (Wildman–Crippen MR) is 122 cm³/mol. The van der Waals surface area contributed by atoms with Crippen LogP contribution in [0.1, 0.15) is 36.7 Å². The molecule has 0 fully saturated rings. The van der Waals surface area contributed by atoms with Gasteiger partial charge in [-0.2, -0.15) is 0 Å². The molecule has 0 bridgehead atoms. The molecule has 162 valence electrons. The minimum atomic E-state index is -0.588. The van der Waals surface area contributed by atoms with Crippen LogP contribution in [0.5, 0.6) is 0 Å². The van der Waals surface area contributed by atoms with Crippen LogP contribution in [-0.2, 0) is 16.0 Å². The van der Waals surface area contributed by atoms with Crippen molar-refractivity contribution in [1.82, 2.24) is 14.8 Å². The van der Waals surface area contributed by atoms with E-state index in [2.05, 4.69) is 20.7 Å². The Kier molecular flexibility index (Phi) is 6.98. The smallest absolute Gasteiger partial charge is 0.348 e. The summed E-state index contributed by atoms with van der Waals surface area (Å²) in [5, 5.41) is 10.7. The number of carbonyl (C=O) groups excluding carboxylic acids is 2. The molecule has 0 saturated carbocycles. The van der Waals surface area contributed by atoms with Crippen molar-refractivity contribution in [3.8, 4) is 0 Å². The normalized spacial score (nSPS) is 10.5. The third kappa shape index (κ3) is 5.06. The highest BCUT2D eigenvalue weighted by atomic mass is 32.1. The van der Waals surface area contributed by atoms with Crippen LogP contribution >= 0.6 is 23.6 Å². The van der Waals surface area contributed by atoms with Gasteiger partial charge < -0.3 is 14.8 Å². The van der Waals surface area contributed by atoms with Crippen LogP contribution in [0.3, 0.4) is 0 Å². The number of ether oxygens (including phenoxy) is 2. The fraction of sp³-hybridized carbons (Fsp3) is 0.250. The summed E-state index contributed by atoms with van der Waals surface area (Å²) in [6.07, 6.45) is 1.60. The highest BCUT2D eigenvalue weighted by Gasteiger charge is 2.26. The van der Waals surface area contributed by atoms with Gasteiger partial charge in [-0.3, -0.25) is 5.32 Å². The molecule has 11 heteroatoms. The Morgan fingerprint density at radius 2 is 1.84 bits per heavy atom. The third-order valence-electron chi connectivity index (χ3n) is 4.49. The Morgan fingerprint density at radius 3 is 2.52 bits per heavy atom. The average Bonchev–Trinajstić information content (AvgIpc) is 3.32. The number of anilines is 2. The van der Waals surface area contributed by atoms with Gasteiger partial charge in [0.25, 0.3) is 0 Å². The molecule has 9 nitrogen and oxygen atoms in total. The molecule has 0 saturated heterocycles. The number of thiophene rings is 1. The van der Waals surface area contributed by atoms with Crippen molar-refractivity contribution < 1.29 is 19.1 Å². The van der Waals surface area contributed by atoms with Crippen LogP contribution in [0.15, 0.2) is 30.6 Å². The molecule has 0 spiro atoms. The summed E-state index contributed by atoms with van der Waals surface area (Å²) >= 11 is 6.38. The van der Waals surface area contributed by atoms with Crippen LogP contribution in [-0.4, -0.2) is 46.0 Å². The maximum atomic E-state index is 12.2. The first kappa shape index (κ1) is 22.4. The minimum Gasteiger partial charge on any atom is -0.465 e. The fourth-order valence-corrected chi connectivity index (χ4v) is 4.24. The van der Waals surface area contributed by atoms with Crippen molar-refractivity contribution in [2.75, 3.05) is 24.9 Å². The first-order valence-corrected chi connectivity index (χ1v) is 10.4. The molecule has 3 aromatic rings. The van der Waals surface area contributed by atoms with E-state index in [-0.39, 0.29) is 15.6 Å². The van der Waals surface area contributed by atoms with Gasteiger partial charge in [-0.05, 0) is 42.8 Å². The summed E-state index contributed by atoms with van der Waals surface area (Å²) in [7, 11) is 2.54. The lowest BCUT2D eigenvalue weighted by atomic mass is 10.1. The standard InChI is InChI=1S/C20H21N5O4S2/c1-11-7-5-6-8-13(11)9-25-10-21-19(24-25)23-20(30)22-16-14(17(26)28-3)12(2)15(31-16)18(27)29-4/h5-8,10H,9H2,1-4H3,(H2,22,23,24,30). The molecule has 0 radical (unpaired) electrons. The van der Waals surface area contributed by atoms with Gasteiger partial charge in [0.05, 0.1) is 26.3 Å². The second-order valence-electron chi connectivity index (χ2n) is 6.51. The largest absolute Gasteiger partial charge is 0.465 e. The predicted octanol–water partition coefficient (Wildman–Crippen LogP) is 3.39. The Balaban J connectivity index is 1.74. The molecule has 0 atom stereocenters. The van der Waals surface area contributed by atoms with Crippen LogP contribution in [0.25, 0.3) is 0 Å². The van der Waals surface area contributed by atoms with E-state index in [1.807, 2.05) is 31.2 Å². The first-order valence-electron chi connectivity index (χ1n) is 9.16. The van der Waals surface area contributed by atoms with Gasteiger partial charge in [-0.15, -0.1) is 16.4 Å². The number of benzene rings is 1. The lowest BCUT2D eigenvalue weighted by Gasteiger charge is -2.08. The number of nitrogens with one attached hydrogen (secondary N) is 2. The van der Waals surface area contributed by atoms with Crippen molar-refractivity contribution in [3.63, 3.8) is 0 Å². The molecule has 3 rings (SSSR count). The highest BCUT2D eigenvalue weighted by Crippen LogP contribution is 2.34. The third-order valence-corrected chi connectivity index (χ3v) is 5.88. The fourth-order valence-electron chi connectivity index (χ4n) is 2.86. The quantitative estimate of drug-likeness (QED) is 0.424. The first-order chi connectivity index (χ1) is 14.8. The van der Waals surface area contributed by atoms with Gasteiger partial charge in [-0.25, -0.2) is 19.3 Å². The molecule has 0 unspecified atom stereocenters. The Hall–Kier alpha value is -3.31. The minimum absolute atomic E-state index is 0.163. The van der Waals surface area contributed by atoms with Gasteiger partial charge in [-0.1, -0.05) is 24.3 Å². The number of methoxy groups -OCH3 is 2. The van der Waals surface area contributed by atoms with Crippen LogP contribution < -0.4 is 10.6 Å². The Morgan fingerprint density at radius 1 is 1.13 bits per heavy atom. The van der Waals surface area contributed by atoms with E-state index >= 15 is 0 Å². The molecule has 0 aliphatic heterocycles. The van der Waals surface area contributed by atoms with Crippen molar-refractivity contribution in [1.29, 1.82) is 0 Å². The molecular formula is C20H21N5O4S2. The van der Waals surface area contributed by atoms with E-state index in [4.69, 9.17) is 21.7 Å². The SMILES string of the molecule is COC(=O)c1sc(NC(=S)Nc2ncn(Cc3ccccc3C)n2)c(C(=O)OC)c1C. The summed E-state index contributed by atoms with van der Waals surface area (Å²) in [6.45, 7) is 4.25. The average molecular weight is 460 g/mol. The van der Waals surface area contributed by atoms with Crippen molar-refractivity contribution in [2.45, 2.75) is 20.4 Å². The molecule has 2 aromatic heterocycles. The van der Waals surface area contributed by atoms with Crippen LogP contribution in [0.4, 0.5) is 10.9 Å². The molecule has 0 aliphatic rings. The molecule has 2 N–H and O–H groups in total. The summed E-state index contributed by atoms with van der Waals surface area (Å²) < 4.78 is 11.3. The monoisotopic (exact) mass is 459 g/mol. The van der Waals surface area contributed by atoms with Crippen LogP contribution in [0, 0.1) is 13.8 Å². The van der Waals surface area contributed by atoms with E-state index in [1.165, 1.54) is 14.2 Å². The molecular weight excluding hydrogens is 438 g/mol.